The number of para-hydroxylation sites is 3. The lowest BCUT2D eigenvalue weighted by Gasteiger charge is -2.64. The van der Waals surface area contributed by atoms with Gasteiger partial charge in [-0.1, -0.05) is 135 Å². The number of hydrogen-bond donors (Lipinski definition) is 0. The first-order valence-electron chi connectivity index (χ1n) is 24.3. The molecule has 0 saturated heterocycles. The van der Waals surface area contributed by atoms with Crippen molar-refractivity contribution in [2.24, 2.45) is 47.3 Å². The maximum absolute atomic E-state index is 6.91. The van der Waals surface area contributed by atoms with Gasteiger partial charge in [-0.2, -0.15) is 0 Å². The second-order valence-electron chi connectivity index (χ2n) is 21.5. The number of anilines is 3. The second kappa shape index (κ2) is 12.4. The van der Waals surface area contributed by atoms with Gasteiger partial charge >= 0.3 is 0 Å². The van der Waals surface area contributed by atoms with E-state index in [2.05, 4.69) is 170 Å². The highest BCUT2D eigenvalue weighted by molar-refractivity contribution is 6.13. The molecular formula is C61H53NO. The average molecular weight is 816 g/mol. The van der Waals surface area contributed by atoms with Crippen LogP contribution in [0.5, 0.6) is 0 Å². The molecule has 6 fully saturated rings. The predicted octanol–water partition coefficient (Wildman–Crippen LogP) is 16.0. The molecule has 16 rings (SSSR count). The fraction of sp³-hybridized carbons (Fsp3) is 0.311. The molecule has 6 saturated carbocycles. The Kier molecular flexibility index (Phi) is 7.03. The zero-order chi connectivity index (χ0) is 41.3. The number of nitrogens with zero attached hydrogens (tertiary/aromatic N) is 1. The van der Waals surface area contributed by atoms with Crippen LogP contribution in [-0.2, 0) is 10.8 Å². The third kappa shape index (κ3) is 4.50. The summed E-state index contributed by atoms with van der Waals surface area (Å²) >= 11 is 0. The molecule has 8 bridgehead atoms. The van der Waals surface area contributed by atoms with Crippen molar-refractivity contribution >= 4 is 39.0 Å². The van der Waals surface area contributed by atoms with Crippen molar-refractivity contribution in [3.8, 4) is 33.4 Å². The summed E-state index contributed by atoms with van der Waals surface area (Å²) in [5.41, 5.74) is 19.7. The fourth-order valence-electron chi connectivity index (χ4n) is 16.6. The topological polar surface area (TPSA) is 16.4 Å². The Bertz CT molecular complexity index is 3210. The van der Waals surface area contributed by atoms with Crippen LogP contribution in [0.2, 0.25) is 0 Å². The van der Waals surface area contributed by atoms with E-state index in [9.17, 15) is 0 Å². The zero-order valence-electron chi connectivity index (χ0n) is 36.4. The third-order valence-electron chi connectivity index (χ3n) is 18.8. The largest absolute Gasteiger partial charge is 0.455 e. The lowest BCUT2D eigenvalue weighted by Crippen LogP contribution is -2.59. The molecule has 308 valence electrons. The van der Waals surface area contributed by atoms with Crippen LogP contribution in [0.4, 0.5) is 17.1 Å². The van der Waals surface area contributed by atoms with Gasteiger partial charge in [-0.05, 0) is 167 Å². The molecule has 8 aliphatic rings. The van der Waals surface area contributed by atoms with Crippen molar-refractivity contribution in [1.29, 1.82) is 0 Å². The second-order valence-corrected chi connectivity index (χ2v) is 21.5. The maximum Gasteiger partial charge on any atom is 0.143 e. The van der Waals surface area contributed by atoms with Crippen LogP contribution in [-0.4, -0.2) is 0 Å². The van der Waals surface area contributed by atoms with E-state index in [0.29, 0.717) is 11.8 Å². The molecule has 9 unspecified atom stereocenters. The number of rotatable bonds is 3. The quantitative estimate of drug-likeness (QED) is 0.177. The summed E-state index contributed by atoms with van der Waals surface area (Å²) in [4.78, 5) is 2.69. The van der Waals surface area contributed by atoms with Crippen LogP contribution >= 0.6 is 0 Å². The molecule has 0 amide bonds. The van der Waals surface area contributed by atoms with Gasteiger partial charge in [0.25, 0.3) is 0 Å². The molecule has 63 heavy (non-hydrogen) atoms. The molecule has 2 nitrogen and oxygen atoms in total. The Labute approximate surface area is 371 Å². The minimum Gasteiger partial charge on any atom is -0.455 e. The summed E-state index contributed by atoms with van der Waals surface area (Å²) < 4.78 is 6.91. The molecule has 7 aliphatic carbocycles. The highest BCUT2D eigenvalue weighted by Crippen LogP contribution is 2.75. The van der Waals surface area contributed by atoms with E-state index in [1.165, 1.54) is 95.4 Å². The highest BCUT2D eigenvalue weighted by Gasteiger charge is 2.68. The van der Waals surface area contributed by atoms with E-state index in [-0.39, 0.29) is 10.8 Å². The normalized spacial score (nSPS) is 29.8. The molecule has 1 aliphatic heterocycles. The van der Waals surface area contributed by atoms with E-state index < -0.39 is 0 Å². The van der Waals surface area contributed by atoms with Gasteiger partial charge in [0.15, 0.2) is 0 Å². The summed E-state index contributed by atoms with van der Waals surface area (Å²) in [5, 5.41) is 2.32. The van der Waals surface area contributed by atoms with Crippen LogP contribution in [0, 0.1) is 47.3 Å². The molecule has 8 aromatic rings. The first-order chi connectivity index (χ1) is 31.0. The molecule has 2 heteroatoms. The maximum atomic E-state index is 6.91. The minimum absolute atomic E-state index is 0.0202. The van der Waals surface area contributed by atoms with Gasteiger partial charge in [-0.15, -0.1) is 0 Å². The van der Waals surface area contributed by atoms with E-state index in [1.807, 2.05) is 0 Å². The predicted molar refractivity (Wildman–Crippen MR) is 258 cm³/mol. The molecule has 7 aromatic carbocycles. The third-order valence-corrected chi connectivity index (χ3v) is 18.8. The zero-order valence-corrected chi connectivity index (χ0v) is 36.4. The Morgan fingerprint density at radius 1 is 0.476 bits per heavy atom. The summed E-state index contributed by atoms with van der Waals surface area (Å²) in [6, 6.07) is 58.0. The molecular weight excluding hydrogens is 763 g/mol. The van der Waals surface area contributed by atoms with E-state index >= 15 is 0 Å². The molecule has 0 radical (unpaired) electrons. The Hall–Kier alpha value is -5.86. The smallest absolute Gasteiger partial charge is 0.143 e. The van der Waals surface area contributed by atoms with E-state index in [4.69, 9.17) is 4.42 Å². The average Bonchev–Trinajstić information content (AvgIpc) is 3.70. The molecule has 2 heterocycles. The van der Waals surface area contributed by atoms with Gasteiger partial charge < -0.3 is 9.32 Å². The first-order valence-corrected chi connectivity index (χ1v) is 24.3. The SMILES string of the molecule is CC1(C)c2ccccc2-c2cc3c(cc21)N(c1ccc(-c2cccc4c2oc2c(-c5ccccc5)cccc24)cc1)c1ccccc1C31C2CCC3CC4CC5CC3C1C(C5)C4C2. The Balaban J connectivity index is 0.937. The van der Waals surface area contributed by atoms with Crippen molar-refractivity contribution in [2.75, 3.05) is 4.90 Å². The summed E-state index contributed by atoms with van der Waals surface area (Å²) in [5.74, 6) is 6.81. The van der Waals surface area contributed by atoms with E-state index in [0.717, 1.165) is 68.6 Å². The summed E-state index contributed by atoms with van der Waals surface area (Å²) in [6.45, 7) is 4.93. The Morgan fingerprint density at radius 2 is 1.16 bits per heavy atom. The lowest BCUT2D eigenvalue weighted by atomic mass is 9.40. The van der Waals surface area contributed by atoms with Gasteiger partial charge in [0, 0.05) is 38.4 Å². The monoisotopic (exact) mass is 815 g/mol. The van der Waals surface area contributed by atoms with Crippen molar-refractivity contribution in [1.82, 2.24) is 0 Å². The van der Waals surface area contributed by atoms with Gasteiger partial charge in [-0.25, -0.2) is 0 Å². The van der Waals surface area contributed by atoms with Gasteiger partial charge in [0.1, 0.15) is 11.2 Å². The van der Waals surface area contributed by atoms with Crippen LogP contribution in [0.15, 0.2) is 156 Å². The first kappa shape index (κ1) is 35.6. The van der Waals surface area contributed by atoms with Crippen molar-refractivity contribution < 1.29 is 4.42 Å². The number of hydrogen-bond acceptors (Lipinski definition) is 2. The van der Waals surface area contributed by atoms with Crippen LogP contribution in [0.25, 0.3) is 55.3 Å². The standard InChI is InChI=1S/C61H53NO/c1-60(2)51-19-7-6-14-44(51)49-33-54-56(34-53(49)60)62(55-21-9-8-20-52(55)61(54)40-25-22-38-31-39-28-35-29-48(38)57(61)50(30-35)47(39)32-40)41-26-23-37(24-27-41)43-16-11-18-46-45-17-10-15-42(58(45)63-59(43)46)36-12-4-3-5-13-36/h3-21,23-24,26-27,33-35,38-40,47-48,50,57H,22,25,28-32H2,1-2H3. The van der Waals surface area contributed by atoms with Crippen LogP contribution in [0.1, 0.15) is 81.0 Å². The van der Waals surface area contributed by atoms with Crippen LogP contribution < -0.4 is 4.90 Å². The summed E-state index contributed by atoms with van der Waals surface area (Å²) in [7, 11) is 0. The number of furan rings is 1. The molecule has 1 spiro atoms. The van der Waals surface area contributed by atoms with Gasteiger partial charge in [0.05, 0.1) is 11.4 Å². The van der Waals surface area contributed by atoms with Crippen molar-refractivity contribution in [2.45, 2.75) is 69.6 Å². The minimum atomic E-state index is -0.0809. The molecule has 9 atom stereocenters. The van der Waals surface area contributed by atoms with E-state index in [1.54, 1.807) is 11.1 Å². The van der Waals surface area contributed by atoms with Crippen molar-refractivity contribution in [3.05, 3.63) is 174 Å². The lowest BCUT2D eigenvalue weighted by molar-refractivity contribution is -0.0795. The van der Waals surface area contributed by atoms with Gasteiger partial charge in [-0.3, -0.25) is 0 Å². The number of fused-ring (bicyclic) bond motifs is 8. The Morgan fingerprint density at radius 3 is 1.95 bits per heavy atom. The van der Waals surface area contributed by atoms with Gasteiger partial charge in [0.2, 0.25) is 0 Å². The van der Waals surface area contributed by atoms with Crippen LogP contribution in [0.3, 0.4) is 0 Å². The molecule has 0 N–H and O–H groups in total. The molecule has 1 aromatic heterocycles. The summed E-state index contributed by atoms with van der Waals surface area (Å²) in [6.07, 6.45) is 10.2. The number of benzene rings is 7. The van der Waals surface area contributed by atoms with Crippen molar-refractivity contribution in [3.63, 3.8) is 0 Å². The highest BCUT2D eigenvalue weighted by atomic mass is 16.3. The fourth-order valence-corrected chi connectivity index (χ4v) is 16.6.